The number of fused-ring (bicyclic) bond motifs is 1. The molecule has 11 nitrogen and oxygen atoms in total. The third-order valence-electron chi connectivity index (χ3n) is 6.99. The standard InChI is InChI=1S/C30H42N4O7S/c1-17-18(2)25(19(3)22-14-15-30(7,8)40-24(17)22)42(37,38)34-27(31)32-21-12-10-20(11-13-21)16-23(26(35)39-9)33-28(36)41-29(4,5)6/h10-13,23H,14-16H2,1-9H3,(H,33,36)(H3,31,32,34)/t23-/m0/s1. The Morgan fingerprint density at radius 1 is 1.10 bits per heavy atom. The molecule has 1 heterocycles. The summed E-state index contributed by atoms with van der Waals surface area (Å²) >= 11 is 0. The van der Waals surface area contributed by atoms with Crippen molar-refractivity contribution >= 4 is 33.7 Å². The van der Waals surface area contributed by atoms with Crippen LogP contribution in [0.25, 0.3) is 0 Å². The number of alkyl carbamates (subject to hydrolysis) is 1. The van der Waals surface area contributed by atoms with Crippen LogP contribution in [0.15, 0.2) is 33.6 Å². The van der Waals surface area contributed by atoms with Gasteiger partial charge in [-0.15, -0.1) is 4.40 Å². The van der Waals surface area contributed by atoms with E-state index in [4.69, 9.17) is 19.9 Å². The van der Waals surface area contributed by atoms with Crippen LogP contribution in [0.5, 0.6) is 5.75 Å². The maximum Gasteiger partial charge on any atom is 0.408 e. The second-order valence-corrected chi connectivity index (χ2v) is 13.6. The van der Waals surface area contributed by atoms with E-state index in [1.807, 2.05) is 20.8 Å². The summed E-state index contributed by atoms with van der Waals surface area (Å²) in [5.74, 6) is -0.178. The average Bonchev–Trinajstić information content (AvgIpc) is 2.85. The predicted octanol–water partition coefficient (Wildman–Crippen LogP) is 4.44. The molecule has 0 unspecified atom stereocenters. The number of nitrogens with one attached hydrogen (secondary N) is 2. The van der Waals surface area contributed by atoms with Crippen molar-refractivity contribution in [3.05, 3.63) is 52.1 Å². The number of sulfonamides is 1. The van der Waals surface area contributed by atoms with Crippen molar-refractivity contribution in [1.82, 2.24) is 5.32 Å². The number of ether oxygens (including phenoxy) is 3. The van der Waals surface area contributed by atoms with Gasteiger partial charge in [-0.2, -0.15) is 8.42 Å². The number of methoxy groups -OCH3 is 1. The van der Waals surface area contributed by atoms with Gasteiger partial charge in [0.2, 0.25) is 5.96 Å². The molecular formula is C30H42N4O7S. The molecule has 0 aliphatic carbocycles. The van der Waals surface area contributed by atoms with E-state index in [-0.39, 0.29) is 22.9 Å². The molecule has 12 heteroatoms. The largest absolute Gasteiger partial charge is 0.487 e. The van der Waals surface area contributed by atoms with Crippen molar-refractivity contribution in [1.29, 1.82) is 0 Å². The molecule has 2 aromatic carbocycles. The smallest absolute Gasteiger partial charge is 0.408 e. The van der Waals surface area contributed by atoms with Crippen LogP contribution in [0.1, 0.15) is 68.9 Å². The van der Waals surface area contributed by atoms with Gasteiger partial charge in [0.05, 0.1) is 12.0 Å². The molecule has 1 aliphatic rings. The van der Waals surface area contributed by atoms with E-state index >= 15 is 0 Å². The van der Waals surface area contributed by atoms with Gasteiger partial charge in [-0.1, -0.05) is 12.1 Å². The highest BCUT2D eigenvalue weighted by Crippen LogP contribution is 2.42. The van der Waals surface area contributed by atoms with Gasteiger partial charge in [0.1, 0.15) is 23.0 Å². The summed E-state index contributed by atoms with van der Waals surface area (Å²) in [5, 5.41) is 5.34. The number of anilines is 1. The number of benzene rings is 2. The number of nitrogens with zero attached hydrogens (tertiary/aromatic N) is 1. The molecule has 0 saturated carbocycles. The van der Waals surface area contributed by atoms with Crippen LogP contribution in [-0.2, 0) is 37.1 Å². The molecule has 230 valence electrons. The number of esters is 1. The van der Waals surface area contributed by atoms with Crippen molar-refractivity contribution in [3.63, 3.8) is 0 Å². The SMILES string of the molecule is COC(=O)[C@H](Cc1ccc(N/C(N)=N\S(=O)(=O)c2c(C)c(C)c3c(c2C)CCC(C)(C)O3)cc1)NC(=O)OC(C)(C)C. The monoisotopic (exact) mass is 602 g/mol. The van der Waals surface area contributed by atoms with E-state index in [0.717, 1.165) is 23.3 Å². The average molecular weight is 603 g/mol. The molecule has 0 saturated heterocycles. The third-order valence-corrected chi connectivity index (χ3v) is 8.55. The first-order valence-corrected chi connectivity index (χ1v) is 15.1. The zero-order valence-corrected chi connectivity index (χ0v) is 26.6. The number of amides is 1. The van der Waals surface area contributed by atoms with Gasteiger partial charge in [0, 0.05) is 12.1 Å². The van der Waals surface area contributed by atoms with Gasteiger partial charge in [0.15, 0.2) is 0 Å². The first-order chi connectivity index (χ1) is 19.3. The summed E-state index contributed by atoms with van der Waals surface area (Å²) in [6.45, 7) is 14.6. The number of carbonyl (C=O) groups excluding carboxylic acids is 2. The van der Waals surface area contributed by atoms with Crippen LogP contribution in [0, 0.1) is 20.8 Å². The molecule has 1 atom stereocenters. The lowest BCUT2D eigenvalue weighted by Crippen LogP contribution is -2.45. The molecule has 0 radical (unpaired) electrons. The fourth-order valence-electron chi connectivity index (χ4n) is 4.83. The minimum atomic E-state index is -4.15. The summed E-state index contributed by atoms with van der Waals surface area (Å²) in [4.78, 5) is 24.6. The minimum Gasteiger partial charge on any atom is -0.487 e. The Kier molecular flexibility index (Phi) is 9.51. The number of nitrogens with two attached hydrogens (primary N) is 1. The Labute approximate surface area is 248 Å². The van der Waals surface area contributed by atoms with Crippen LogP contribution in [0.4, 0.5) is 10.5 Å². The van der Waals surface area contributed by atoms with Crippen molar-refractivity contribution in [2.75, 3.05) is 12.4 Å². The van der Waals surface area contributed by atoms with Crippen LogP contribution in [0.2, 0.25) is 0 Å². The predicted molar refractivity (Wildman–Crippen MR) is 161 cm³/mol. The molecule has 2 aromatic rings. The summed E-state index contributed by atoms with van der Waals surface area (Å²) in [6.07, 6.45) is 0.869. The zero-order chi connectivity index (χ0) is 31.6. The molecular weight excluding hydrogens is 560 g/mol. The summed E-state index contributed by atoms with van der Waals surface area (Å²) < 4.78 is 47.0. The Morgan fingerprint density at radius 3 is 2.29 bits per heavy atom. The second kappa shape index (κ2) is 12.2. The third kappa shape index (κ3) is 7.93. The first kappa shape index (κ1) is 32.7. The van der Waals surface area contributed by atoms with E-state index in [9.17, 15) is 18.0 Å². The summed E-state index contributed by atoms with van der Waals surface area (Å²) in [7, 11) is -2.91. The van der Waals surface area contributed by atoms with Crippen LogP contribution >= 0.6 is 0 Å². The lowest BCUT2D eigenvalue weighted by atomic mass is 9.88. The van der Waals surface area contributed by atoms with Crippen LogP contribution in [0.3, 0.4) is 0 Å². The molecule has 4 N–H and O–H groups in total. The van der Waals surface area contributed by atoms with E-state index in [1.165, 1.54) is 7.11 Å². The Balaban J connectivity index is 1.78. The van der Waals surface area contributed by atoms with Gasteiger partial charge in [-0.25, -0.2) is 9.59 Å². The second-order valence-electron chi connectivity index (χ2n) is 12.1. The molecule has 3 rings (SSSR count). The van der Waals surface area contributed by atoms with E-state index in [0.29, 0.717) is 28.8 Å². The molecule has 1 aliphatic heterocycles. The highest BCUT2D eigenvalue weighted by atomic mass is 32.2. The fraction of sp³-hybridized carbons (Fsp3) is 0.500. The van der Waals surface area contributed by atoms with Gasteiger partial charge in [-0.05, 0) is 108 Å². The zero-order valence-electron chi connectivity index (χ0n) is 25.8. The van der Waals surface area contributed by atoms with E-state index in [1.54, 1.807) is 58.9 Å². The molecule has 0 fully saturated rings. The molecule has 0 spiro atoms. The van der Waals surface area contributed by atoms with Crippen molar-refractivity contribution in [2.24, 2.45) is 10.1 Å². The summed E-state index contributed by atoms with van der Waals surface area (Å²) in [6, 6.07) is 5.76. The number of guanidine groups is 1. The number of carbonyl (C=O) groups is 2. The Hall–Kier alpha value is -3.80. The van der Waals surface area contributed by atoms with Crippen LogP contribution < -0.4 is 21.1 Å². The van der Waals surface area contributed by atoms with Crippen LogP contribution in [-0.4, -0.2) is 50.8 Å². The normalized spacial score (nSPS) is 15.6. The molecule has 1 amide bonds. The van der Waals surface area contributed by atoms with E-state index in [2.05, 4.69) is 15.0 Å². The Morgan fingerprint density at radius 2 is 1.71 bits per heavy atom. The molecule has 0 aromatic heterocycles. The van der Waals surface area contributed by atoms with Crippen molar-refractivity contribution < 1.29 is 32.2 Å². The number of hydrogen-bond donors (Lipinski definition) is 3. The molecule has 42 heavy (non-hydrogen) atoms. The summed E-state index contributed by atoms with van der Waals surface area (Å²) in [5.41, 5.74) is 9.00. The highest BCUT2D eigenvalue weighted by Gasteiger charge is 2.33. The van der Waals surface area contributed by atoms with Gasteiger partial charge in [-0.3, -0.25) is 0 Å². The number of rotatable bonds is 7. The highest BCUT2D eigenvalue weighted by molar-refractivity contribution is 7.90. The van der Waals surface area contributed by atoms with Crippen molar-refractivity contribution in [3.8, 4) is 5.75 Å². The topological polar surface area (TPSA) is 158 Å². The van der Waals surface area contributed by atoms with E-state index < -0.39 is 33.7 Å². The minimum absolute atomic E-state index is 0.133. The quantitative estimate of drug-likeness (QED) is 0.237. The number of hydrogen-bond acceptors (Lipinski definition) is 7. The molecule has 0 bridgehead atoms. The Bertz CT molecular complexity index is 1490. The maximum atomic E-state index is 13.4. The lowest BCUT2D eigenvalue weighted by molar-refractivity contribution is -0.143. The van der Waals surface area contributed by atoms with Crippen molar-refractivity contribution in [2.45, 2.75) is 96.8 Å². The maximum absolute atomic E-state index is 13.4. The lowest BCUT2D eigenvalue weighted by Gasteiger charge is -2.35. The first-order valence-electron chi connectivity index (χ1n) is 13.7. The fourth-order valence-corrected chi connectivity index (χ4v) is 6.27. The van der Waals surface area contributed by atoms with Gasteiger partial charge < -0.3 is 30.6 Å². The van der Waals surface area contributed by atoms with Gasteiger partial charge >= 0.3 is 12.1 Å². The van der Waals surface area contributed by atoms with Gasteiger partial charge in [0.25, 0.3) is 10.0 Å².